The van der Waals surface area contributed by atoms with E-state index in [1.807, 2.05) is 0 Å². The van der Waals surface area contributed by atoms with Gasteiger partial charge in [0.25, 0.3) is 5.69 Å². The molecule has 28 heavy (non-hydrogen) atoms. The van der Waals surface area contributed by atoms with Gasteiger partial charge in [-0.15, -0.1) is 0 Å². The Kier molecular flexibility index (Phi) is 4.37. The second-order valence-electron chi connectivity index (χ2n) is 7.56. The van der Waals surface area contributed by atoms with Gasteiger partial charge >= 0.3 is 0 Å². The monoisotopic (exact) mass is 384 g/mol. The van der Waals surface area contributed by atoms with Crippen molar-refractivity contribution in [2.45, 2.75) is 33.1 Å². The first-order chi connectivity index (χ1) is 13.3. The van der Waals surface area contributed by atoms with E-state index < -0.39 is 4.92 Å². The van der Waals surface area contributed by atoms with Crippen LogP contribution in [-0.4, -0.2) is 21.9 Å². The van der Waals surface area contributed by atoms with Gasteiger partial charge in [-0.05, 0) is 44.2 Å². The molecule has 1 saturated carbocycles. The Morgan fingerprint density at radius 3 is 2.64 bits per heavy atom. The summed E-state index contributed by atoms with van der Waals surface area (Å²) >= 11 is 0. The summed E-state index contributed by atoms with van der Waals surface area (Å²) in [5.41, 5.74) is 0.792. The van der Waals surface area contributed by atoms with Crippen molar-refractivity contribution in [3.8, 4) is 0 Å². The lowest BCUT2D eigenvalue weighted by Gasteiger charge is -2.25. The normalized spacial score (nSPS) is 24.4. The Morgan fingerprint density at radius 2 is 1.96 bits per heavy atom. The van der Waals surface area contributed by atoms with E-state index in [2.05, 4.69) is 17.4 Å². The quantitative estimate of drug-likeness (QED) is 0.486. The summed E-state index contributed by atoms with van der Waals surface area (Å²) in [5, 5.41) is 18.1. The molecule has 2 fully saturated rings. The molecule has 146 valence electrons. The zero-order valence-corrected chi connectivity index (χ0v) is 15.5. The number of hydrogen-bond acceptors (Lipinski definition) is 7. The van der Waals surface area contributed by atoms with Gasteiger partial charge in [0.2, 0.25) is 17.7 Å². The lowest BCUT2D eigenvalue weighted by Crippen LogP contribution is -2.30. The zero-order chi connectivity index (χ0) is 20.0. The molecule has 4 rings (SSSR count). The first-order valence-corrected chi connectivity index (χ1v) is 9.21. The highest BCUT2D eigenvalue weighted by atomic mass is 16.6. The van der Waals surface area contributed by atoms with Crippen LogP contribution in [0.25, 0.3) is 0 Å². The van der Waals surface area contributed by atoms with Gasteiger partial charge in [0.15, 0.2) is 0 Å². The second-order valence-corrected chi connectivity index (χ2v) is 7.56. The summed E-state index contributed by atoms with van der Waals surface area (Å²) in [6.07, 6.45) is 2.27. The number of hydrogen-bond donors (Lipinski definition) is 1. The molecule has 3 atom stereocenters. The highest BCUT2D eigenvalue weighted by molar-refractivity contribution is 6.22. The van der Waals surface area contributed by atoms with E-state index in [9.17, 15) is 19.7 Å². The van der Waals surface area contributed by atoms with Crippen LogP contribution in [0.2, 0.25) is 0 Å². The molecule has 0 bridgehead atoms. The van der Waals surface area contributed by atoms with E-state index in [0.29, 0.717) is 24.5 Å². The van der Waals surface area contributed by atoms with Crippen molar-refractivity contribution in [2.75, 3.05) is 10.2 Å². The zero-order valence-electron chi connectivity index (χ0n) is 15.5. The maximum atomic E-state index is 12.9. The van der Waals surface area contributed by atoms with Crippen LogP contribution in [0.15, 0.2) is 28.8 Å². The van der Waals surface area contributed by atoms with Gasteiger partial charge in [0.05, 0.1) is 28.1 Å². The van der Waals surface area contributed by atoms with Crippen LogP contribution in [0.5, 0.6) is 0 Å². The van der Waals surface area contributed by atoms with Crippen molar-refractivity contribution in [3.63, 3.8) is 0 Å². The number of rotatable bonds is 4. The van der Waals surface area contributed by atoms with E-state index in [0.717, 1.165) is 11.3 Å². The van der Waals surface area contributed by atoms with Gasteiger partial charge in [-0.1, -0.05) is 12.1 Å². The fourth-order valence-corrected chi connectivity index (χ4v) is 4.12. The smallest absolute Gasteiger partial charge is 0.294 e. The topological polar surface area (TPSA) is 119 Å². The Bertz CT molecular complexity index is 969. The molecule has 9 nitrogen and oxygen atoms in total. The summed E-state index contributed by atoms with van der Waals surface area (Å²) in [6, 6.07) is 5.87. The van der Waals surface area contributed by atoms with Gasteiger partial charge in [-0.3, -0.25) is 19.7 Å². The molecule has 1 aromatic heterocycles. The number of anilines is 3. The molecular formula is C19H20N4O5. The van der Waals surface area contributed by atoms with Crippen molar-refractivity contribution in [3.05, 3.63) is 40.1 Å². The number of nitrogens with zero attached hydrogens (tertiary/aromatic N) is 3. The molecular weight excluding hydrogens is 364 g/mol. The van der Waals surface area contributed by atoms with Gasteiger partial charge in [-0.2, -0.15) is 0 Å². The fraction of sp³-hybridized carbons (Fsp3) is 0.421. The number of aryl methyl sites for hydroxylation is 1. The molecule has 0 unspecified atom stereocenters. The molecule has 2 aliphatic rings. The van der Waals surface area contributed by atoms with Crippen LogP contribution in [0, 0.1) is 34.8 Å². The van der Waals surface area contributed by atoms with Crippen LogP contribution in [-0.2, 0) is 9.59 Å². The number of carbonyl (C=O) groups excluding carboxylic acids is 2. The van der Waals surface area contributed by atoms with Crippen LogP contribution in [0.4, 0.5) is 22.9 Å². The average Bonchev–Trinajstić information content (AvgIpc) is 3.16. The number of nitrogens with one attached hydrogen (secondary N) is 1. The van der Waals surface area contributed by atoms with Gasteiger partial charge in [0, 0.05) is 12.1 Å². The molecule has 1 saturated heterocycles. The number of carbonyl (C=O) groups is 2. The number of aromatic nitrogens is 1. The van der Waals surface area contributed by atoms with Crippen molar-refractivity contribution in [2.24, 2.45) is 17.8 Å². The molecule has 0 radical (unpaired) electrons. The van der Waals surface area contributed by atoms with Crippen molar-refractivity contribution >= 4 is 34.8 Å². The molecule has 1 aromatic carbocycles. The number of imide groups is 1. The lowest BCUT2D eigenvalue weighted by atomic mass is 9.76. The fourth-order valence-electron chi connectivity index (χ4n) is 4.12. The van der Waals surface area contributed by atoms with Crippen LogP contribution in [0.1, 0.15) is 31.9 Å². The third-order valence-corrected chi connectivity index (χ3v) is 5.51. The number of fused-ring (bicyclic) bond motifs is 1. The minimum Gasteiger partial charge on any atom is -0.338 e. The van der Waals surface area contributed by atoms with Gasteiger partial charge < -0.3 is 9.84 Å². The first kappa shape index (κ1) is 18.1. The van der Waals surface area contributed by atoms with E-state index in [1.165, 1.54) is 18.2 Å². The third-order valence-electron chi connectivity index (χ3n) is 5.51. The summed E-state index contributed by atoms with van der Waals surface area (Å²) in [4.78, 5) is 37.8. The highest BCUT2D eigenvalue weighted by Crippen LogP contribution is 2.43. The Hall–Kier alpha value is -3.23. The van der Waals surface area contributed by atoms with E-state index in [1.54, 1.807) is 13.0 Å². The SMILES string of the molecule is Cc1cc(Nc2ccc(N3C(=O)[C@H]4C[C@@H](C)CC[C@H]4C3=O)cc2[N+](=O)[O-])on1. The first-order valence-electron chi connectivity index (χ1n) is 9.21. The molecule has 1 N–H and O–H groups in total. The predicted molar refractivity (Wildman–Crippen MR) is 100 cm³/mol. The van der Waals surface area contributed by atoms with Crippen LogP contribution >= 0.6 is 0 Å². The molecule has 1 aliphatic carbocycles. The Balaban J connectivity index is 1.67. The largest absolute Gasteiger partial charge is 0.338 e. The van der Waals surface area contributed by atoms with Gasteiger partial charge in [-0.25, -0.2) is 4.90 Å². The standard InChI is InChI=1S/C19H20N4O5/c1-10-3-5-13-14(7-10)19(25)22(18(13)24)12-4-6-15(16(9-12)23(26)27)20-17-8-11(2)21-28-17/h4,6,8-10,13-14,20H,3,5,7H2,1-2H3/t10-,13+,14-/m0/s1. The maximum absolute atomic E-state index is 12.9. The summed E-state index contributed by atoms with van der Waals surface area (Å²) in [6.45, 7) is 3.81. The van der Waals surface area contributed by atoms with Gasteiger partial charge in [0.1, 0.15) is 5.69 Å². The summed E-state index contributed by atoms with van der Waals surface area (Å²) in [7, 11) is 0. The molecule has 2 amide bonds. The minimum atomic E-state index is -0.560. The minimum absolute atomic E-state index is 0.190. The van der Waals surface area contributed by atoms with Crippen molar-refractivity contribution in [1.29, 1.82) is 0 Å². The molecule has 2 heterocycles. The van der Waals surface area contributed by atoms with Crippen molar-refractivity contribution in [1.82, 2.24) is 5.16 Å². The molecule has 2 aromatic rings. The predicted octanol–water partition coefficient (Wildman–Crippen LogP) is 3.56. The molecule has 9 heteroatoms. The molecule has 0 spiro atoms. The Labute approximate surface area is 160 Å². The van der Waals surface area contributed by atoms with E-state index in [-0.39, 0.29) is 46.6 Å². The maximum Gasteiger partial charge on any atom is 0.294 e. The van der Waals surface area contributed by atoms with E-state index >= 15 is 0 Å². The van der Waals surface area contributed by atoms with Crippen LogP contribution < -0.4 is 10.2 Å². The molecule has 1 aliphatic heterocycles. The average molecular weight is 384 g/mol. The van der Waals surface area contributed by atoms with Crippen molar-refractivity contribution < 1.29 is 19.0 Å². The summed E-state index contributed by atoms with van der Waals surface area (Å²) in [5.74, 6) is -0.515. The Morgan fingerprint density at radius 1 is 1.21 bits per heavy atom. The third kappa shape index (κ3) is 3.02. The second kappa shape index (κ2) is 6.74. The van der Waals surface area contributed by atoms with E-state index in [4.69, 9.17) is 4.52 Å². The number of nitro groups is 1. The lowest BCUT2D eigenvalue weighted by molar-refractivity contribution is -0.383. The van der Waals surface area contributed by atoms with Crippen LogP contribution in [0.3, 0.4) is 0 Å². The number of nitro benzene ring substituents is 1. The number of benzene rings is 1. The number of amides is 2. The highest BCUT2D eigenvalue weighted by Gasteiger charge is 2.50. The summed E-state index contributed by atoms with van der Waals surface area (Å²) < 4.78 is 5.04.